The van der Waals surface area contributed by atoms with Gasteiger partial charge in [-0.15, -0.1) is 0 Å². The Hall–Kier alpha value is -0.650. The highest BCUT2D eigenvalue weighted by molar-refractivity contribution is 5.77. The Labute approximate surface area is 71.1 Å². The maximum Gasteiger partial charge on any atom is 0.248 e. The van der Waals surface area contributed by atoms with Gasteiger partial charge in [0.15, 0.2) is 0 Å². The number of hydrogen-bond acceptors (Lipinski definition) is 4. The van der Waals surface area contributed by atoms with E-state index in [1.165, 1.54) is 0 Å². The van der Waals surface area contributed by atoms with Crippen molar-refractivity contribution in [3.05, 3.63) is 0 Å². The van der Waals surface area contributed by atoms with Gasteiger partial charge in [0, 0.05) is 19.6 Å². The molecule has 0 spiro atoms. The van der Waals surface area contributed by atoms with E-state index in [2.05, 4.69) is 0 Å². The van der Waals surface area contributed by atoms with Crippen LogP contribution in [0.15, 0.2) is 0 Å². The van der Waals surface area contributed by atoms with Gasteiger partial charge in [0.2, 0.25) is 5.91 Å². The quantitative estimate of drug-likeness (QED) is 0.516. The monoisotopic (exact) mass is 174 g/mol. The van der Waals surface area contributed by atoms with Gasteiger partial charge in [-0.25, -0.2) is 0 Å². The zero-order valence-corrected chi connectivity index (χ0v) is 6.90. The number of aliphatic hydroxyl groups excluding tert-OH is 1. The molecule has 70 valence electrons. The zero-order chi connectivity index (χ0) is 8.97. The summed E-state index contributed by atoms with van der Waals surface area (Å²) in [5, 5.41) is 8.58. The summed E-state index contributed by atoms with van der Waals surface area (Å²) in [4.78, 5) is 12.6. The Kier molecular flexibility index (Phi) is 3.46. The third-order valence-electron chi connectivity index (χ3n) is 1.89. The van der Waals surface area contributed by atoms with Crippen LogP contribution in [0.2, 0.25) is 0 Å². The summed E-state index contributed by atoms with van der Waals surface area (Å²) in [5.74, 6) is -0.253. The fraction of sp³-hybridized carbons (Fsp3) is 0.857. The molecule has 0 aromatic rings. The van der Waals surface area contributed by atoms with Crippen molar-refractivity contribution in [2.24, 2.45) is 5.73 Å². The first-order chi connectivity index (χ1) is 5.77. The predicted molar refractivity (Wildman–Crippen MR) is 42.5 cm³/mol. The van der Waals surface area contributed by atoms with Crippen molar-refractivity contribution >= 4 is 5.91 Å². The maximum atomic E-state index is 11.0. The summed E-state index contributed by atoms with van der Waals surface area (Å²) in [6.45, 7) is 1.53. The average molecular weight is 174 g/mol. The lowest BCUT2D eigenvalue weighted by molar-refractivity contribution is -0.141. The van der Waals surface area contributed by atoms with E-state index in [1.54, 1.807) is 4.90 Å². The van der Waals surface area contributed by atoms with Crippen LogP contribution < -0.4 is 5.73 Å². The van der Waals surface area contributed by atoms with Gasteiger partial charge in [-0.05, 0) is 0 Å². The van der Waals surface area contributed by atoms with Gasteiger partial charge in [-0.2, -0.15) is 0 Å². The van der Waals surface area contributed by atoms with Crippen LogP contribution in [0.25, 0.3) is 0 Å². The molecule has 1 saturated heterocycles. The molecule has 1 atom stereocenters. The summed E-state index contributed by atoms with van der Waals surface area (Å²) in [6, 6.07) is 0. The lowest BCUT2D eigenvalue weighted by atomic mass is 10.2. The number of rotatable bonds is 2. The van der Waals surface area contributed by atoms with E-state index in [-0.39, 0.29) is 12.0 Å². The summed E-state index contributed by atoms with van der Waals surface area (Å²) in [6.07, 6.45) is -0.0748. The number of aliphatic hydroxyl groups is 1. The summed E-state index contributed by atoms with van der Waals surface area (Å²) in [7, 11) is 0. The van der Waals surface area contributed by atoms with Crippen LogP contribution in [0.3, 0.4) is 0 Å². The van der Waals surface area contributed by atoms with E-state index in [0.29, 0.717) is 26.2 Å². The van der Waals surface area contributed by atoms with Gasteiger partial charge in [0.05, 0.1) is 12.7 Å². The second-order valence-electron chi connectivity index (χ2n) is 2.73. The van der Waals surface area contributed by atoms with Gasteiger partial charge >= 0.3 is 0 Å². The lowest BCUT2D eigenvalue weighted by Crippen LogP contribution is -2.48. The number of nitrogens with zero attached hydrogens (tertiary/aromatic N) is 1. The summed E-state index contributed by atoms with van der Waals surface area (Å²) < 4.78 is 5.25. The Morgan fingerprint density at radius 3 is 3.08 bits per heavy atom. The van der Waals surface area contributed by atoms with Gasteiger partial charge in [0.25, 0.3) is 0 Å². The summed E-state index contributed by atoms with van der Waals surface area (Å²) >= 11 is 0. The van der Waals surface area contributed by atoms with Crippen molar-refractivity contribution in [1.29, 1.82) is 0 Å². The molecular weight excluding hydrogens is 160 g/mol. The molecule has 0 aromatic carbocycles. The molecule has 1 rings (SSSR count). The first kappa shape index (κ1) is 9.44. The number of hydrogen-bond donors (Lipinski definition) is 2. The van der Waals surface area contributed by atoms with Crippen LogP contribution in [0.4, 0.5) is 0 Å². The van der Waals surface area contributed by atoms with Crippen molar-refractivity contribution in [3.8, 4) is 0 Å². The average Bonchev–Trinajstić information content (AvgIpc) is 2.17. The Morgan fingerprint density at radius 2 is 2.50 bits per heavy atom. The fourth-order valence-corrected chi connectivity index (χ4v) is 1.19. The number of morpholine rings is 1. The number of amides is 1. The van der Waals surface area contributed by atoms with E-state index in [4.69, 9.17) is 15.6 Å². The Balaban J connectivity index is 2.40. The molecule has 5 heteroatoms. The van der Waals surface area contributed by atoms with E-state index in [0.717, 1.165) is 0 Å². The van der Waals surface area contributed by atoms with Gasteiger partial charge in [-0.3, -0.25) is 4.79 Å². The number of ether oxygens (including phenoxy) is 1. The molecule has 1 heterocycles. The highest BCUT2D eigenvalue weighted by atomic mass is 16.5. The molecule has 5 nitrogen and oxygen atoms in total. The highest BCUT2D eigenvalue weighted by Gasteiger charge is 2.22. The van der Waals surface area contributed by atoms with Crippen molar-refractivity contribution in [2.45, 2.75) is 6.10 Å². The molecule has 0 aliphatic carbocycles. The van der Waals surface area contributed by atoms with Crippen LogP contribution in [-0.4, -0.2) is 54.9 Å². The Morgan fingerprint density at radius 1 is 1.75 bits per heavy atom. The van der Waals surface area contributed by atoms with E-state index < -0.39 is 6.61 Å². The minimum Gasteiger partial charge on any atom is -0.387 e. The zero-order valence-electron chi connectivity index (χ0n) is 6.90. The van der Waals surface area contributed by atoms with Crippen molar-refractivity contribution < 1.29 is 14.6 Å². The van der Waals surface area contributed by atoms with Crippen molar-refractivity contribution in [2.75, 3.05) is 32.8 Å². The molecule has 1 fully saturated rings. The molecule has 12 heavy (non-hydrogen) atoms. The van der Waals surface area contributed by atoms with Crippen LogP contribution in [0, 0.1) is 0 Å². The maximum absolute atomic E-state index is 11.0. The normalized spacial score (nSPS) is 24.2. The summed E-state index contributed by atoms with van der Waals surface area (Å²) in [5.41, 5.74) is 5.38. The van der Waals surface area contributed by atoms with E-state index in [1.807, 2.05) is 0 Å². The van der Waals surface area contributed by atoms with Crippen LogP contribution in [-0.2, 0) is 9.53 Å². The molecule has 0 saturated carbocycles. The van der Waals surface area contributed by atoms with E-state index in [9.17, 15) is 4.79 Å². The minimum atomic E-state index is -0.433. The van der Waals surface area contributed by atoms with Gasteiger partial charge in [0.1, 0.15) is 6.61 Å². The molecule has 1 aliphatic heterocycles. The second-order valence-corrected chi connectivity index (χ2v) is 2.73. The largest absolute Gasteiger partial charge is 0.387 e. The standard InChI is InChI=1S/C7H14N2O3/c8-3-6-4-9(1-2-12-6)7(11)5-10/h6,10H,1-5,8H2. The molecule has 3 N–H and O–H groups in total. The predicted octanol–water partition coefficient (Wildman–Crippen LogP) is -1.84. The van der Waals surface area contributed by atoms with Crippen LogP contribution in [0.5, 0.6) is 0 Å². The SMILES string of the molecule is NCC1CN(C(=O)CO)CCO1. The number of nitrogens with two attached hydrogens (primary N) is 1. The first-order valence-corrected chi connectivity index (χ1v) is 3.98. The van der Waals surface area contributed by atoms with Crippen molar-refractivity contribution in [1.82, 2.24) is 4.90 Å². The second kappa shape index (κ2) is 4.39. The molecule has 1 amide bonds. The van der Waals surface area contributed by atoms with Crippen LogP contribution in [0.1, 0.15) is 0 Å². The molecule has 1 aliphatic rings. The smallest absolute Gasteiger partial charge is 0.248 e. The number of carbonyl (C=O) groups excluding carboxylic acids is 1. The lowest BCUT2D eigenvalue weighted by Gasteiger charge is -2.31. The minimum absolute atomic E-state index is 0.0748. The molecule has 0 aromatic heterocycles. The molecule has 0 radical (unpaired) electrons. The van der Waals surface area contributed by atoms with Gasteiger partial charge < -0.3 is 20.5 Å². The topological polar surface area (TPSA) is 75.8 Å². The number of carbonyl (C=O) groups is 1. The van der Waals surface area contributed by atoms with Crippen molar-refractivity contribution in [3.63, 3.8) is 0 Å². The molecule has 0 bridgehead atoms. The molecule has 1 unspecified atom stereocenters. The van der Waals surface area contributed by atoms with E-state index >= 15 is 0 Å². The molecular formula is C7H14N2O3. The van der Waals surface area contributed by atoms with Gasteiger partial charge in [-0.1, -0.05) is 0 Å². The third kappa shape index (κ3) is 2.17. The Bertz CT molecular complexity index is 163. The van der Waals surface area contributed by atoms with Crippen LogP contribution >= 0.6 is 0 Å². The highest BCUT2D eigenvalue weighted by Crippen LogP contribution is 2.03. The first-order valence-electron chi connectivity index (χ1n) is 3.98. The third-order valence-corrected chi connectivity index (χ3v) is 1.89. The fourth-order valence-electron chi connectivity index (χ4n) is 1.19.